The summed E-state index contributed by atoms with van der Waals surface area (Å²) in [6.07, 6.45) is 2.73. The summed E-state index contributed by atoms with van der Waals surface area (Å²) in [5.41, 5.74) is 10.3. The van der Waals surface area contributed by atoms with E-state index in [9.17, 15) is 4.79 Å². The maximum Gasteiger partial charge on any atom is 0.337 e. The van der Waals surface area contributed by atoms with Crippen LogP contribution < -0.4 is 5.43 Å². The Hall–Kier alpha value is -4.30. The van der Waals surface area contributed by atoms with Gasteiger partial charge in [0.25, 0.3) is 0 Å². The molecule has 0 radical (unpaired) electrons. The van der Waals surface area contributed by atoms with Gasteiger partial charge in [-0.05, 0) is 47.2 Å². The van der Waals surface area contributed by atoms with Crippen LogP contribution >= 0.6 is 0 Å². The van der Waals surface area contributed by atoms with E-state index >= 15 is 0 Å². The summed E-state index contributed by atoms with van der Waals surface area (Å²) in [5.74, 6) is 0.290. The second-order valence-electron chi connectivity index (χ2n) is 9.22. The summed E-state index contributed by atoms with van der Waals surface area (Å²) >= 11 is 0. The minimum absolute atomic E-state index is 0.196. The third-order valence-corrected chi connectivity index (χ3v) is 6.68. The third kappa shape index (κ3) is 5.35. The molecule has 0 bridgehead atoms. The van der Waals surface area contributed by atoms with Crippen molar-refractivity contribution in [2.45, 2.75) is 39.2 Å². The van der Waals surface area contributed by atoms with Gasteiger partial charge in [-0.25, -0.2) is 10.2 Å². The number of carbonyl (C=O) groups excluding carboxylic acids is 1. The number of hydrazine groups is 1. The van der Waals surface area contributed by atoms with Crippen molar-refractivity contribution in [2.24, 2.45) is 0 Å². The second kappa shape index (κ2) is 11.8. The van der Waals surface area contributed by atoms with E-state index in [0.717, 1.165) is 52.9 Å². The van der Waals surface area contributed by atoms with Gasteiger partial charge in [0, 0.05) is 12.1 Å². The van der Waals surface area contributed by atoms with E-state index in [0.29, 0.717) is 24.4 Å². The first kappa shape index (κ1) is 25.4. The SMILES string of the molecule is CCCCN1NC(Cc2ccc(-c3ccccc3-c3nn[nH]n3)cc2)C(C(=O)OCC)=C1c1ccccc1. The molecule has 0 amide bonds. The fraction of sp³-hybridized carbons (Fsp3) is 0.267. The predicted molar refractivity (Wildman–Crippen MR) is 147 cm³/mol. The number of hydrogen-bond donors (Lipinski definition) is 2. The fourth-order valence-electron chi connectivity index (χ4n) is 4.88. The van der Waals surface area contributed by atoms with Crippen LogP contribution in [0.5, 0.6) is 0 Å². The molecule has 1 aliphatic heterocycles. The number of unbranched alkanes of at least 4 members (excludes halogenated alkanes) is 1. The third-order valence-electron chi connectivity index (χ3n) is 6.68. The van der Waals surface area contributed by atoms with Gasteiger partial charge in [0.15, 0.2) is 0 Å². The van der Waals surface area contributed by atoms with Gasteiger partial charge in [0.1, 0.15) is 0 Å². The zero-order valence-corrected chi connectivity index (χ0v) is 21.7. The van der Waals surface area contributed by atoms with E-state index in [1.54, 1.807) is 0 Å². The average Bonchev–Trinajstić information content (AvgIpc) is 3.62. The minimum atomic E-state index is -0.270. The van der Waals surface area contributed by atoms with E-state index in [-0.39, 0.29) is 12.0 Å². The quantitative estimate of drug-likeness (QED) is 0.290. The van der Waals surface area contributed by atoms with Crippen molar-refractivity contribution in [3.63, 3.8) is 0 Å². The number of hydrogen-bond acceptors (Lipinski definition) is 7. The van der Waals surface area contributed by atoms with Crippen LogP contribution in [0, 0.1) is 0 Å². The molecular weight excluding hydrogens is 476 g/mol. The Balaban J connectivity index is 1.45. The maximum atomic E-state index is 13.3. The molecule has 0 fully saturated rings. The molecule has 5 rings (SSSR count). The Kier molecular flexibility index (Phi) is 7.89. The molecule has 2 N–H and O–H groups in total. The van der Waals surface area contributed by atoms with Crippen LogP contribution in [0.1, 0.15) is 37.8 Å². The van der Waals surface area contributed by atoms with Crippen LogP contribution in [0.3, 0.4) is 0 Å². The molecule has 1 aromatic heterocycles. The largest absolute Gasteiger partial charge is 0.463 e. The zero-order chi connectivity index (χ0) is 26.3. The number of aromatic amines is 1. The fourth-order valence-corrected chi connectivity index (χ4v) is 4.88. The molecule has 1 atom stereocenters. The number of aromatic nitrogens is 4. The van der Waals surface area contributed by atoms with E-state index < -0.39 is 0 Å². The smallest absolute Gasteiger partial charge is 0.337 e. The second-order valence-corrected chi connectivity index (χ2v) is 9.22. The normalized spacial score (nSPS) is 15.2. The average molecular weight is 509 g/mol. The lowest BCUT2D eigenvalue weighted by atomic mass is 9.94. The molecule has 194 valence electrons. The molecule has 1 aliphatic rings. The molecule has 8 heteroatoms. The van der Waals surface area contributed by atoms with E-state index in [4.69, 9.17) is 4.74 Å². The van der Waals surface area contributed by atoms with Gasteiger partial charge in [-0.2, -0.15) is 5.21 Å². The summed E-state index contributed by atoms with van der Waals surface area (Å²) in [6, 6.07) is 26.3. The van der Waals surface area contributed by atoms with E-state index in [1.807, 2.05) is 55.5 Å². The lowest BCUT2D eigenvalue weighted by Gasteiger charge is -2.24. The predicted octanol–water partition coefficient (Wildman–Crippen LogP) is 5.04. The van der Waals surface area contributed by atoms with Crippen LogP contribution in [0.4, 0.5) is 0 Å². The Morgan fingerprint density at radius 3 is 2.34 bits per heavy atom. The number of benzene rings is 3. The van der Waals surface area contributed by atoms with Gasteiger partial charge in [0.05, 0.1) is 23.9 Å². The highest BCUT2D eigenvalue weighted by Crippen LogP contribution is 2.34. The number of tetrazole rings is 1. The molecule has 4 aromatic rings. The molecule has 1 unspecified atom stereocenters. The maximum absolute atomic E-state index is 13.3. The molecule has 0 saturated carbocycles. The van der Waals surface area contributed by atoms with Crippen molar-refractivity contribution < 1.29 is 9.53 Å². The number of esters is 1. The lowest BCUT2D eigenvalue weighted by Crippen LogP contribution is -2.39. The van der Waals surface area contributed by atoms with Gasteiger partial charge in [-0.15, -0.1) is 10.2 Å². The van der Waals surface area contributed by atoms with Gasteiger partial charge < -0.3 is 9.75 Å². The molecule has 0 saturated heterocycles. The number of H-pyrrole nitrogens is 1. The van der Waals surface area contributed by atoms with E-state index in [2.05, 4.69) is 68.3 Å². The Morgan fingerprint density at radius 1 is 0.921 bits per heavy atom. The molecule has 0 spiro atoms. The first-order chi connectivity index (χ1) is 18.7. The monoisotopic (exact) mass is 508 g/mol. The summed E-state index contributed by atoms with van der Waals surface area (Å²) in [5, 5.41) is 16.7. The summed E-state index contributed by atoms with van der Waals surface area (Å²) in [6.45, 7) is 5.16. The Bertz CT molecular complexity index is 1380. The molecule has 3 aromatic carbocycles. The standard InChI is InChI=1S/C30H32N6O2/c1-3-5-19-36-28(23-11-7-6-8-12-23)27(30(37)38-4-2)26(33-36)20-21-15-17-22(18-16-21)24-13-9-10-14-25(24)29-31-34-35-32-29/h6-18,26,33H,3-5,19-20H2,1-2H3,(H,31,32,34,35). The van der Waals surface area contributed by atoms with E-state index in [1.165, 1.54) is 0 Å². The van der Waals surface area contributed by atoms with Crippen molar-refractivity contribution in [2.75, 3.05) is 13.2 Å². The highest BCUT2D eigenvalue weighted by Gasteiger charge is 2.36. The van der Waals surface area contributed by atoms with Crippen molar-refractivity contribution in [1.29, 1.82) is 0 Å². The zero-order valence-electron chi connectivity index (χ0n) is 21.7. The van der Waals surface area contributed by atoms with Gasteiger partial charge >= 0.3 is 5.97 Å². The molecule has 2 heterocycles. The van der Waals surface area contributed by atoms with Crippen molar-refractivity contribution in [3.8, 4) is 22.5 Å². The van der Waals surface area contributed by atoms with Crippen LogP contribution in [0.25, 0.3) is 28.2 Å². The van der Waals surface area contributed by atoms with Crippen LogP contribution in [0.15, 0.2) is 84.4 Å². The Labute approximate surface area is 222 Å². The van der Waals surface area contributed by atoms with Gasteiger partial charge in [0.2, 0.25) is 5.82 Å². The molecule has 0 aliphatic carbocycles. The van der Waals surface area contributed by atoms with Crippen LogP contribution in [-0.4, -0.2) is 50.8 Å². The number of carbonyl (C=O) groups is 1. The first-order valence-corrected chi connectivity index (χ1v) is 13.1. The molecular formula is C30H32N6O2. The summed E-state index contributed by atoms with van der Waals surface area (Å²) in [7, 11) is 0. The van der Waals surface area contributed by atoms with Crippen LogP contribution in [-0.2, 0) is 16.0 Å². The number of nitrogens with zero attached hydrogens (tertiary/aromatic N) is 4. The highest BCUT2D eigenvalue weighted by molar-refractivity contribution is 5.99. The summed E-state index contributed by atoms with van der Waals surface area (Å²) in [4.78, 5) is 13.3. The van der Waals surface area contributed by atoms with Crippen molar-refractivity contribution >= 4 is 11.7 Å². The topological polar surface area (TPSA) is 96.0 Å². The number of nitrogens with one attached hydrogen (secondary N) is 2. The minimum Gasteiger partial charge on any atom is -0.463 e. The highest BCUT2D eigenvalue weighted by atomic mass is 16.5. The number of rotatable bonds is 10. The molecule has 8 nitrogen and oxygen atoms in total. The Morgan fingerprint density at radius 2 is 1.66 bits per heavy atom. The van der Waals surface area contributed by atoms with Gasteiger partial charge in [-0.1, -0.05) is 92.2 Å². The van der Waals surface area contributed by atoms with Crippen molar-refractivity contribution in [1.82, 2.24) is 31.1 Å². The van der Waals surface area contributed by atoms with Crippen LogP contribution in [0.2, 0.25) is 0 Å². The summed E-state index contributed by atoms with van der Waals surface area (Å²) < 4.78 is 5.54. The first-order valence-electron chi connectivity index (χ1n) is 13.1. The van der Waals surface area contributed by atoms with Gasteiger partial charge in [-0.3, -0.25) is 0 Å². The molecule has 38 heavy (non-hydrogen) atoms. The lowest BCUT2D eigenvalue weighted by molar-refractivity contribution is -0.138. The van der Waals surface area contributed by atoms with Crippen molar-refractivity contribution in [3.05, 3.63) is 95.6 Å². The number of ether oxygens (including phenoxy) is 1.